The molecule has 0 bridgehead atoms. The molecule has 0 atom stereocenters. The summed E-state index contributed by atoms with van der Waals surface area (Å²) in [7, 11) is -3.44. The van der Waals surface area contributed by atoms with Crippen LogP contribution in [0.3, 0.4) is 0 Å². The largest absolute Gasteiger partial charge is 0.326 e. The number of sulfonamides is 1. The maximum absolute atomic E-state index is 12.3. The lowest BCUT2D eigenvalue weighted by Gasteiger charge is -2.18. The third kappa shape index (κ3) is 5.39. The molecule has 0 aromatic heterocycles. The first-order valence-corrected chi connectivity index (χ1v) is 8.94. The number of benzene rings is 1. The van der Waals surface area contributed by atoms with Crippen molar-refractivity contribution >= 4 is 10.0 Å². The summed E-state index contributed by atoms with van der Waals surface area (Å²) in [5, 5.41) is 0. The molecule has 0 aliphatic carbocycles. The van der Waals surface area contributed by atoms with Crippen molar-refractivity contribution in [3.8, 4) is 0 Å². The molecular formula is C15H27N3O2S. The van der Waals surface area contributed by atoms with Gasteiger partial charge < -0.3 is 10.6 Å². The molecule has 120 valence electrons. The van der Waals surface area contributed by atoms with E-state index in [2.05, 4.69) is 23.5 Å². The molecule has 0 aliphatic heterocycles. The van der Waals surface area contributed by atoms with Gasteiger partial charge in [-0.25, -0.2) is 13.1 Å². The number of nitrogens with one attached hydrogen (secondary N) is 1. The van der Waals surface area contributed by atoms with Gasteiger partial charge in [0.25, 0.3) is 0 Å². The third-order valence-corrected chi connectivity index (χ3v) is 5.22. The SMILES string of the molecule is CCN(CC)CCCNS(=O)(=O)c1ccc(CN)cc1C. The van der Waals surface area contributed by atoms with Gasteiger partial charge >= 0.3 is 0 Å². The molecule has 5 nitrogen and oxygen atoms in total. The number of hydrogen-bond acceptors (Lipinski definition) is 4. The Morgan fingerprint density at radius 1 is 1.24 bits per heavy atom. The summed E-state index contributed by atoms with van der Waals surface area (Å²) < 4.78 is 27.2. The predicted molar refractivity (Wildman–Crippen MR) is 86.7 cm³/mol. The standard InChI is InChI=1S/C15H27N3O2S/c1-4-18(5-2)10-6-9-17-21(19,20)15-8-7-14(12-16)11-13(15)3/h7-8,11,17H,4-6,9-10,12,16H2,1-3H3. The van der Waals surface area contributed by atoms with Crippen LogP contribution >= 0.6 is 0 Å². The average molecular weight is 313 g/mol. The summed E-state index contributed by atoms with van der Waals surface area (Å²) in [6.45, 7) is 9.76. The molecule has 1 aromatic rings. The summed E-state index contributed by atoms with van der Waals surface area (Å²) in [6, 6.07) is 5.21. The molecule has 0 heterocycles. The lowest BCUT2D eigenvalue weighted by molar-refractivity contribution is 0.300. The van der Waals surface area contributed by atoms with Crippen molar-refractivity contribution in [3.63, 3.8) is 0 Å². The van der Waals surface area contributed by atoms with Crippen molar-refractivity contribution in [1.29, 1.82) is 0 Å². The van der Waals surface area contributed by atoms with Gasteiger partial charge in [0.05, 0.1) is 4.90 Å². The Morgan fingerprint density at radius 2 is 1.90 bits per heavy atom. The minimum Gasteiger partial charge on any atom is -0.326 e. The van der Waals surface area contributed by atoms with Crippen LogP contribution < -0.4 is 10.5 Å². The van der Waals surface area contributed by atoms with Crippen molar-refractivity contribution in [2.75, 3.05) is 26.2 Å². The Hall–Kier alpha value is -0.950. The zero-order valence-corrected chi connectivity index (χ0v) is 14.0. The van der Waals surface area contributed by atoms with E-state index in [1.807, 2.05) is 6.07 Å². The summed E-state index contributed by atoms with van der Waals surface area (Å²) in [5.74, 6) is 0. The van der Waals surface area contributed by atoms with Gasteiger partial charge in [0.1, 0.15) is 0 Å². The minimum atomic E-state index is -3.44. The maximum Gasteiger partial charge on any atom is 0.240 e. The van der Waals surface area contributed by atoms with Crippen molar-refractivity contribution in [3.05, 3.63) is 29.3 Å². The van der Waals surface area contributed by atoms with E-state index in [0.29, 0.717) is 18.0 Å². The summed E-state index contributed by atoms with van der Waals surface area (Å²) >= 11 is 0. The third-order valence-electron chi connectivity index (χ3n) is 3.60. The van der Waals surface area contributed by atoms with Crippen molar-refractivity contribution in [2.45, 2.75) is 38.6 Å². The van der Waals surface area contributed by atoms with E-state index < -0.39 is 10.0 Å². The molecule has 0 unspecified atom stereocenters. The van der Waals surface area contributed by atoms with Crippen LogP contribution in [-0.2, 0) is 16.6 Å². The van der Waals surface area contributed by atoms with Gasteiger partial charge in [0, 0.05) is 13.1 Å². The molecule has 0 saturated carbocycles. The zero-order chi connectivity index (χ0) is 15.9. The highest BCUT2D eigenvalue weighted by Crippen LogP contribution is 2.16. The van der Waals surface area contributed by atoms with Gasteiger partial charge in [-0.05, 0) is 50.2 Å². The van der Waals surface area contributed by atoms with Crippen molar-refractivity contribution in [1.82, 2.24) is 9.62 Å². The second-order valence-electron chi connectivity index (χ2n) is 5.08. The number of hydrogen-bond donors (Lipinski definition) is 2. The zero-order valence-electron chi connectivity index (χ0n) is 13.2. The highest BCUT2D eigenvalue weighted by molar-refractivity contribution is 7.89. The molecule has 6 heteroatoms. The fraction of sp³-hybridized carbons (Fsp3) is 0.600. The Bertz CT molecular complexity index is 540. The van der Waals surface area contributed by atoms with Crippen molar-refractivity contribution < 1.29 is 8.42 Å². The van der Waals surface area contributed by atoms with Crippen LogP contribution in [-0.4, -0.2) is 39.5 Å². The summed E-state index contributed by atoms with van der Waals surface area (Å²) in [4.78, 5) is 2.61. The van der Waals surface area contributed by atoms with Gasteiger partial charge in [-0.3, -0.25) is 0 Å². The second-order valence-corrected chi connectivity index (χ2v) is 6.82. The lowest BCUT2D eigenvalue weighted by atomic mass is 10.1. The van der Waals surface area contributed by atoms with E-state index in [1.54, 1.807) is 19.1 Å². The molecule has 0 aliphatic rings. The average Bonchev–Trinajstić information content (AvgIpc) is 2.47. The molecule has 21 heavy (non-hydrogen) atoms. The van der Waals surface area contributed by atoms with Crippen LogP contribution in [0.5, 0.6) is 0 Å². The lowest BCUT2D eigenvalue weighted by Crippen LogP contribution is -2.30. The van der Waals surface area contributed by atoms with E-state index >= 15 is 0 Å². The first-order valence-electron chi connectivity index (χ1n) is 7.46. The Morgan fingerprint density at radius 3 is 2.43 bits per heavy atom. The first-order chi connectivity index (χ1) is 9.94. The van der Waals surface area contributed by atoms with Gasteiger partial charge in [-0.15, -0.1) is 0 Å². The van der Waals surface area contributed by atoms with Gasteiger partial charge in [0.15, 0.2) is 0 Å². The summed E-state index contributed by atoms with van der Waals surface area (Å²) in [6.07, 6.45) is 0.806. The van der Waals surface area contributed by atoms with E-state index in [9.17, 15) is 8.42 Å². The van der Waals surface area contributed by atoms with Crippen LogP contribution in [0, 0.1) is 6.92 Å². The van der Waals surface area contributed by atoms with Crippen LogP contribution in [0.1, 0.15) is 31.4 Å². The Balaban J connectivity index is 2.61. The van der Waals surface area contributed by atoms with Gasteiger partial charge in [0.2, 0.25) is 10.0 Å². The Kier molecular flexibility index (Phi) is 7.31. The topological polar surface area (TPSA) is 75.4 Å². The normalized spacial score (nSPS) is 12.0. The fourth-order valence-electron chi connectivity index (χ4n) is 2.27. The molecule has 3 N–H and O–H groups in total. The monoisotopic (exact) mass is 313 g/mol. The number of nitrogens with two attached hydrogens (primary N) is 1. The molecule has 0 saturated heterocycles. The van der Waals surface area contributed by atoms with Crippen LogP contribution in [0.25, 0.3) is 0 Å². The van der Waals surface area contributed by atoms with Crippen LogP contribution in [0.15, 0.2) is 23.1 Å². The number of aryl methyl sites for hydroxylation is 1. The van der Waals surface area contributed by atoms with Gasteiger partial charge in [-0.1, -0.05) is 26.0 Å². The highest BCUT2D eigenvalue weighted by Gasteiger charge is 2.16. The number of nitrogens with zero attached hydrogens (tertiary/aromatic N) is 1. The van der Waals surface area contributed by atoms with E-state index in [4.69, 9.17) is 5.73 Å². The van der Waals surface area contributed by atoms with Crippen LogP contribution in [0.4, 0.5) is 0 Å². The number of rotatable bonds is 9. The second kappa shape index (κ2) is 8.48. The predicted octanol–water partition coefficient (Wildman–Crippen LogP) is 1.46. The smallest absolute Gasteiger partial charge is 0.240 e. The van der Waals surface area contributed by atoms with Gasteiger partial charge in [-0.2, -0.15) is 0 Å². The molecule has 0 radical (unpaired) electrons. The summed E-state index contributed by atoms with van der Waals surface area (Å²) in [5.41, 5.74) is 7.23. The quantitative estimate of drug-likeness (QED) is 0.677. The molecule has 1 aromatic carbocycles. The first kappa shape index (κ1) is 18.1. The maximum atomic E-state index is 12.3. The highest BCUT2D eigenvalue weighted by atomic mass is 32.2. The van der Waals surface area contributed by atoms with Crippen molar-refractivity contribution in [2.24, 2.45) is 5.73 Å². The molecular weight excluding hydrogens is 286 g/mol. The molecule has 0 fully saturated rings. The molecule has 1 rings (SSSR count). The van der Waals surface area contributed by atoms with E-state index in [-0.39, 0.29) is 0 Å². The van der Waals surface area contributed by atoms with E-state index in [1.165, 1.54) is 0 Å². The van der Waals surface area contributed by atoms with Crippen LogP contribution in [0.2, 0.25) is 0 Å². The molecule has 0 amide bonds. The van der Waals surface area contributed by atoms with E-state index in [0.717, 1.165) is 37.2 Å². The molecule has 0 spiro atoms. The minimum absolute atomic E-state index is 0.336. The Labute approximate surface area is 128 Å². The fourth-order valence-corrected chi connectivity index (χ4v) is 3.57.